The maximum absolute atomic E-state index is 16.0. The van der Waals surface area contributed by atoms with E-state index in [4.69, 9.17) is 28.0 Å². The zero-order valence-electron chi connectivity index (χ0n) is 53.8. The highest BCUT2D eigenvalue weighted by molar-refractivity contribution is 7.54. The Kier molecular flexibility index (Phi) is 27.3. The lowest BCUT2D eigenvalue weighted by Gasteiger charge is -2.42. The smallest absolute Gasteiger partial charge is 0.348 e. The van der Waals surface area contributed by atoms with Crippen LogP contribution in [0, 0.1) is 11.8 Å². The number of carbonyl (C=O) groups is 7. The Hall–Kier alpha value is -5.24. The van der Waals surface area contributed by atoms with E-state index >= 15 is 4.57 Å². The molecule has 3 N–H and O–H groups in total. The summed E-state index contributed by atoms with van der Waals surface area (Å²) >= 11 is 0. The molecule has 2 unspecified atom stereocenters. The molecule has 1 saturated carbocycles. The summed E-state index contributed by atoms with van der Waals surface area (Å²) in [5.41, 5.74) is -2.67. The zero-order valence-corrected chi connectivity index (χ0v) is 54.7. The molecule has 20 nitrogen and oxygen atoms in total. The Morgan fingerprint density at radius 1 is 0.548 bits per heavy atom. The molecular weight excluding hydrogens is 1100 g/mol. The minimum atomic E-state index is -4.37. The van der Waals surface area contributed by atoms with Gasteiger partial charge in [0.15, 0.2) is 0 Å². The van der Waals surface area contributed by atoms with E-state index < -0.39 is 88.8 Å². The first kappa shape index (κ1) is 73.0. The lowest BCUT2D eigenvalue weighted by atomic mass is 9.81. The van der Waals surface area contributed by atoms with E-state index in [9.17, 15) is 38.7 Å². The van der Waals surface area contributed by atoms with E-state index in [1.165, 1.54) is 0 Å². The van der Waals surface area contributed by atoms with Crippen molar-refractivity contribution in [2.45, 2.75) is 215 Å². The molecule has 1 aliphatic rings. The number of benzene rings is 2. The van der Waals surface area contributed by atoms with Crippen LogP contribution in [0.5, 0.6) is 0 Å². The van der Waals surface area contributed by atoms with Gasteiger partial charge in [0.2, 0.25) is 11.8 Å². The molecule has 2 amide bonds. The molecule has 84 heavy (non-hydrogen) atoms. The van der Waals surface area contributed by atoms with Crippen LogP contribution in [0.25, 0.3) is 11.1 Å². The predicted molar refractivity (Wildman–Crippen MR) is 324 cm³/mol. The first-order valence-electron chi connectivity index (χ1n) is 29.5. The summed E-state index contributed by atoms with van der Waals surface area (Å²) < 4.78 is 51.7. The number of esters is 4. The zero-order chi connectivity index (χ0) is 63.6. The van der Waals surface area contributed by atoms with Crippen LogP contribution < -0.4 is 10.6 Å². The minimum Gasteiger partial charge on any atom is -0.480 e. The molecule has 0 aromatic heterocycles. The monoisotopic (exact) mass is 1200 g/mol. The van der Waals surface area contributed by atoms with Crippen LogP contribution in [0.15, 0.2) is 54.6 Å². The highest BCUT2D eigenvalue weighted by atomic mass is 31.2. The third-order valence-electron chi connectivity index (χ3n) is 12.6. The largest absolute Gasteiger partial charge is 0.480 e. The third-order valence-corrected chi connectivity index (χ3v) is 15.6. The average molecular weight is 1200 g/mol. The maximum atomic E-state index is 16.0. The molecule has 2 aromatic rings. The van der Waals surface area contributed by atoms with E-state index in [2.05, 4.69) is 10.6 Å². The van der Waals surface area contributed by atoms with E-state index in [1.54, 1.807) is 139 Å². The Balaban J connectivity index is 1.96. The Bertz CT molecular complexity index is 2360. The lowest BCUT2D eigenvalue weighted by Crippen LogP contribution is -2.49. The van der Waals surface area contributed by atoms with Gasteiger partial charge in [-0.15, -0.1) is 0 Å². The van der Waals surface area contributed by atoms with Crippen molar-refractivity contribution in [3.8, 4) is 11.1 Å². The number of ether oxygens (including phenoxy) is 4. The average Bonchev–Trinajstić information content (AvgIpc) is 1.84. The standard InChI is InChI=1S/C63H102N5O15P/c1-58(2,3)78-52(70)40-66(41-53(71)79-59(4,5)6)34-36-68(37-35-67(42-54(72)80-60(7,8)9)43-55(73)81-61(10,11)12)51(84(77,82-62(13,14)15)83-63(16,17)18)33-32-50(69)64-39-45-26-30-48(31-27-45)56(74)65-49(57(75)76)38-44-24-28-47(29-25-44)46-22-20-19-21-23-46/h19-25,28-29,45,48-49,51H,26-27,30-43H2,1-18H3,(H,64,69)(H,65,74)(H,75,76). The number of amides is 2. The highest BCUT2D eigenvalue weighted by Crippen LogP contribution is 2.60. The minimum absolute atomic E-state index is 0.00894. The van der Waals surface area contributed by atoms with E-state index in [0.29, 0.717) is 32.2 Å². The molecule has 0 spiro atoms. The first-order chi connectivity index (χ1) is 38.4. The van der Waals surface area contributed by atoms with Crippen LogP contribution in [0.1, 0.15) is 169 Å². The van der Waals surface area contributed by atoms with Crippen molar-refractivity contribution in [1.82, 2.24) is 25.3 Å². The van der Waals surface area contributed by atoms with Gasteiger partial charge in [-0.1, -0.05) is 54.6 Å². The quantitative estimate of drug-likeness (QED) is 0.0390. The van der Waals surface area contributed by atoms with Crippen molar-refractivity contribution in [2.24, 2.45) is 11.8 Å². The normalized spacial score (nSPS) is 16.4. The second-order valence-corrected chi connectivity index (χ2v) is 30.0. The number of aliphatic carboxylic acids is 1. The molecule has 0 aliphatic heterocycles. The van der Waals surface area contributed by atoms with Gasteiger partial charge in [0.05, 0.1) is 37.4 Å². The fourth-order valence-corrected chi connectivity index (χ4v) is 12.4. The van der Waals surface area contributed by atoms with Gasteiger partial charge in [0, 0.05) is 51.5 Å². The van der Waals surface area contributed by atoms with Gasteiger partial charge in [-0.05, 0) is 179 Å². The van der Waals surface area contributed by atoms with Crippen molar-refractivity contribution >= 4 is 49.3 Å². The van der Waals surface area contributed by atoms with E-state index in [0.717, 1.165) is 16.7 Å². The fourth-order valence-electron chi connectivity index (χ4n) is 9.47. The molecular formula is C63H102N5O15P. The summed E-state index contributed by atoms with van der Waals surface area (Å²) in [4.78, 5) is 98.9. The number of nitrogens with zero attached hydrogens (tertiary/aromatic N) is 3. The molecule has 21 heteroatoms. The second-order valence-electron chi connectivity index (χ2n) is 28.0. The van der Waals surface area contributed by atoms with Crippen LogP contribution in [0.2, 0.25) is 0 Å². The van der Waals surface area contributed by atoms with Crippen LogP contribution >= 0.6 is 7.60 Å². The van der Waals surface area contributed by atoms with Gasteiger partial charge in [-0.3, -0.25) is 48.0 Å². The summed E-state index contributed by atoms with van der Waals surface area (Å²) in [6, 6.07) is 16.4. The number of carboxylic acids is 1. The van der Waals surface area contributed by atoms with Crippen LogP contribution in [0.4, 0.5) is 0 Å². The first-order valence-corrected chi connectivity index (χ1v) is 31.1. The van der Waals surface area contributed by atoms with Crippen LogP contribution in [0.3, 0.4) is 0 Å². The second kappa shape index (κ2) is 31.4. The Labute approximate surface area is 501 Å². The van der Waals surface area contributed by atoms with Crippen molar-refractivity contribution < 1.29 is 71.2 Å². The third kappa shape index (κ3) is 30.2. The Morgan fingerprint density at radius 3 is 1.31 bits per heavy atom. The summed E-state index contributed by atoms with van der Waals surface area (Å²) in [6.07, 6.45) is 2.08. The van der Waals surface area contributed by atoms with Crippen LogP contribution in [-0.2, 0) is 72.5 Å². The Morgan fingerprint density at radius 2 is 0.940 bits per heavy atom. The van der Waals surface area contributed by atoms with Gasteiger partial charge in [-0.2, -0.15) is 0 Å². The van der Waals surface area contributed by atoms with Crippen molar-refractivity contribution in [2.75, 3.05) is 58.9 Å². The summed E-state index contributed by atoms with van der Waals surface area (Å²) in [6.45, 7) is 30.1. The number of rotatable bonds is 29. The summed E-state index contributed by atoms with van der Waals surface area (Å²) in [5, 5.41) is 15.9. The number of hydrogen-bond donors (Lipinski definition) is 3. The molecule has 0 saturated heterocycles. The van der Waals surface area contributed by atoms with Crippen molar-refractivity contribution in [3.63, 3.8) is 0 Å². The maximum Gasteiger partial charge on any atom is 0.348 e. The van der Waals surface area contributed by atoms with Gasteiger partial charge in [-0.25, -0.2) is 4.79 Å². The SMILES string of the molecule is CC(C)(C)OC(=O)CN(CCN(CCN(CC(=O)OC(C)(C)C)CC(=O)OC(C)(C)C)C(CCC(=O)NCC1CCC(C(=O)NC(Cc2ccc(-c3ccccc3)cc2)C(=O)O)CC1)P(=O)(OC(C)(C)C)OC(C)(C)C)CC(=O)OC(C)(C)C. The van der Waals surface area contributed by atoms with Gasteiger partial charge in [0.1, 0.15) is 34.2 Å². The molecule has 1 fully saturated rings. The van der Waals surface area contributed by atoms with Crippen molar-refractivity contribution in [1.29, 1.82) is 0 Å². The lowest BCUT2D eigenvalue weighted by molar-refractivity contribution is -0.162. The van der Waals surface area contributed by atoms with E-state index in [-0.39, 0.29) is 89.4 Å². The number of hydrogen-bond acceptors (Lipinski definition) is 17. The molecule has 0 radical (unpaired) electrons. The highest BCUT2D eigenvalue weighted by Gasteiger charge is 2.46. The summed E-state index contributed by atoms with van der Waals surface area (Å²) in [5.74, 6) is -5.79. The molecule has 474 valence electrons. The van der Waals surface area contributed by atoms with Gasteiger partial charge in [0.25, 0.3) is 0 Å². The molecule has 2 aromatic carbocycles. The fraction of sp³-hybridized carbons (Fsp3) is 0.698. The van der Waals surface area contributed by atoms with Gasteiger partial charge < -0.3 is 43.7 Å². The molecule has 3 rings (SSSR count). The number of nitrogens with one attached hydrogen (secondary N) is 2. The predicted octanol–water partition coefficient (Wildman–Crippen LogP) is 9.59. The number of carbonyl (C=O) groups excluding carboxylic acids is 6. The number of carboxylic acid groups (broad SMARTS) is 1. The summed E-state index contributed by atoms with van der Waals surface area (Å²) in [7, 11) is -4.37. The van der Waals surface area contributed by atoms with E-state index in [1.807, 2.05) is 54.6 Å². The molecule has 2 atom stereocenters. The van der Waals surface area contributed by atoms with Crippen molar-refractivity contribution in [3.05, 3.63) is 60.2 Å². The van der Waals surface area contributed by atoms with Gasteiger partial charge >= 0.3 is 37.4 Å². The van der Waals surface area contributed by atoms with Crippen LogP contribution in [-0.4, -0.2) is 166 Å². The molecule has 0 bridgehead atoms. The molecule has 0 heterocycles. The topological polar surface area (TPSA) is 246 Å². The molecule has 1 aliphatic carbocycles.